The summed E-state index contributed by atoms with van der Waals surface area (Å²) in [6.07, 6.45) is 2.15. The zero-order valence-corrected chi connectivity index (χ0v) is 8.19. The monoisotopic (exact) mass is 198 g/mol. The van der Waals surface area contributed by atoms with E-state index in [1.54, 1.807) is 0 Å². The fraction of sp³-hybridized carbons (Fsp3) is 0.800. The first-order chi connectivity index (χ1) is 6.65. The van der Waals surface area contributed by atoms with E-state index in [0.29, 0.717) is 24.9 Å². The maximum atomic E-state index is 11.0. The summed E-state index contributed by atoms with van der Waals surface area (Å²) >= 11 is 0. The molecule has 1 aliphatic heterocycles. The first-order valence-electron chi connectivity index (χ1n) is 4.98. The van der Waals surface area contributed by atoms with Crippen LogP contribution in [0.5, 0.6) is 0 Å². The van der Waals surface area contributed by atoms with Gasteiger partial charge in [0, 0.05) is 19.3 Å². The van der Waals surface area contributed by atoms with Crippen LogP contribution in [0.25, 0.3) is 0 Å². The molecule has 1 heterocycles. The van der Waals surface area contributed by atoms with Gasteiger partial charge in [0.05, 0.1) is 6.61 Å². The Kier molecular flexibility index (Phi) is 2.44. The molecule has 0 bridgehead atoms. The van der Waals surface area contributed by atoms with E-state index in [-0.39, 0.29) is 18.0 Å². The zero-order valence-electron chi connectivity index (χ0n) is 8.19. The van der Waals surface area contributed by atoms with Gasteiger partial charge in [-0.1, -0.05) is 0 Å². The second kappa shape index (κ2) is 3.59. The van der Waals surface area contributed by atoms with Gasteiger partial charge in [-0.25, -0.2) is 0 Å². The van der Waals surface area contributed by atoms with Crippen LogP contribution in [-0.4, -0.2) is 24.6 Å². The molecule has 0 N–H and O–H groups in total. The average Bonchev–Trinajstić information content (AvgIpc) is 2.44. The summed E-state index contributed by atoms with van der Waals surface area (Å²) in [7, 11) is 0. The number of carbonyl (C=O) groups excluding carboxylic acids is 2. The van der Waals surface area contributed by atoms with E-state index in [0.717, 1.165) is 12.8 Å². The van der Waals surface area contributed by atoms with E-state index in [4.69, 9.17) is 9.47 Å². The van der Waals surface area contributed by atoms with E-state index in [1.165, 1.54) is 6.92 Å². The van der Waals surface area contributed by atoms with Crippen LogP contribution in [0.2, 0.25) is 0 Å². The number of ether oxygens (including phenoxy) is 2. The van der Waals surface area contributed by atoms with Crippen molar-refractivity contribution < 1.29 is 19.1 Å². The summed E-state index contributed by atoms with van der Waals surface area (Å²) in [5.74, 6) is 0.410. The van der Waals surface area contributed by atoms with Crippen molar-refractivity contribution in [1.29, 1.82) is 0 Å². The largest absolute Gasteiger partial charge is 0.465 e. The van der Waals surface area contributed by atoms with Gasteiger partial charge in [-0.2, -0.15) is 0 Å². The zero-order chi connectivity index (χ0) is 10.1. The molecule has 2 fully saturated rings. The molecular weight excluding hydrogens is 184 g/mol. The van der Waals surface area contributed by atoms with Crippen molar-refractivity contribution >= 4 is 11.9 Å². The Morgan fingerprint density at radius 3 is 2.86 bits per heavy atom. The second-order valence-corrected chi connectivity index (χ2v) is 4.11. The quantitative estimate of drug-likeness (QED) is 0.587. The molecule has 0 unspecified atom stereocenters. The summed E-state index contributed by atoms with van der Waals surface area (Å²) < 4.78 is 10.1. The molecule has 78 valence electrons. The molecule has 4 heteroatoms. The van der Waals surface area contributed by atoms with E-state index in [2.05, 4.69) is 0 Å². The highest BCUT2D eigenvalue weighted by molar-refractivity contribution is 5.70. The highest BCUT2D eigenvalue weighted by atomic mass is 16.5. The molecule has 0 aromatic rings. The minimum Gasteiger partial charge on any atom is -0.465 e. The maximum absolute atomic E-state index is 11.0. The summed E-state index contributed by atoms with van der Waals surface area (Å²) in [6, 6.07) is 0. The van der Waals surface area contributed by atoms with Crippen LogP contribution in [0.3, 0.4) is 0 Å². The number of cyclic esters (lactones) is 1. The van der Waals surface area contributed by atoms with E-state index in [1.807, 2.05) is 0 Å². The van der Waals surface area contributed by atoms with Crippen LogP contribution in [-0.2, 0) is 19.1 Å². The van der Waals surface area contributed by atoms with Gasteiger partial charge in [0.1, 0.15) is 6.10 Å². The van der Waals surface area contributed by atoms with Crippen molar-refractivity contribution in [2.45, 2.75) is 32.3 Å². The van der Waals surface area contributed by atoms with Gasteiger partial charge in [-0.15, -0.1) is 0 Å². The normalized spacial score (nSPS) is 36.1. The Morgan fingerprint density at radius 1 is 1.43 bits per heavy atom. The number of rotatable bonds is 1. The number of hydrogen-bond acceptors (Lipinski definition) is 4. The van der Waals surface area contributed by atoms with Crippen LogP contribution in [0.4, 0.5) is 0 Å². The molecule has 0 aromatic heterocycles. The Labute approximate surface area is 82.6 Å². The lowest BCUT2D eigenvalue weighted by Crippen LogP contribution is -2.26. The molecule has 3 atom stereocenters. The number of esters is 2. The van der Waals surface area contributed by atoms with Gasteiger partial charge in [-0.3, -0.25) is 9.59 Å². The van der Waals surface area contributed by atoms with Gasteiger partial charge in [0.15, 0.2) is 0 Å². The standard InChI is InChI=1S/C10H14O4/c1-6(11)14-9-2-7-4-10(12)13-5-8(7)3-9/h7-9H,2-5H2,1H3/t7-,8+,9-/m0/s1. The lowest BCUT2D eigenvalue weighted by Gasteiger charge is -2.23. The van der Waals surface area contributed by atoms with Crippen LogP contribution in [0.1, 0.15) is 26.2 Å². The lowest BCUT2D eigenvalue weighted by atomic mass is 9.92. The van der Waals surface area contributed by atoms with Crippen LogP contribution in [0, 0.1) is 11.8 Å². The second-order valence-electron chi connectivity index (χ2n) is 4.11. The Bertz CT molecular complexity index is 261. The molecule has 1 saturated carbocycles. The molecule has 14 heavy (non-hydrogen) atoms. The fourth-order valence-corrected chi connectivity index (χ4v) is 2.41. The topological polar surface area (TPSA) is 52.6 Å². The third kappa shape index (κ3) is 1.89. The highest BCUT2D eigenvalue weighted by Crippen LogP contribution is 2.38. The van der Waals surface area contributed by atoms with Gasteiger partial charge < -0.3 is 9.47 Å². The van der Waals surface area contributed by atoms with Crippen molar-refractivity contribution in [1.82, 2.24) is 0 Å². The molecule has 1 saturated heterocycles. The minimum absolute atomic E-state index is 0.00278. The smallest absolute Gasteiger partial charge is 0.306 e. The molecule has 2 aliphatic rings. The molecular formula is C10H14O4. The maximum Gasteiger partial charge on any atom is 0.306 e. The van der Waals surface area contributed by atoms with Crippen molar-refractivity contribution in [3.05, 3.63) is 0 Å². The predicted molar refractivity (Wildman–Crippen MR) is 47.3 cm³/mol. The third-order valence-corrected chi connectivity index (χ3v) is 3.02. The van der Waals surface area contributed by atoms with Gasteiger partial charge >= 0.3 is 11.9 Å². The summed E-state index contributed by atoms with van der Waals surface area (Å²) in [4.78, 5) is 21.8. The molecule has 0 amide bonds. The SMILES string of the molecule is CC(=O)O[C@H]1C[C@H]2CC(=O)OC[C@H]2C1. The molecule has 0 radical (unpaired) electrons. The highest BCUT2D eigenvalue weighted by Gasteiger charge is 2.40. The van der Waals surface area contributed by atoms with Crippen LogP contribution in [0.15, 0.2) is 0 Å². The van der Waals surface area contributed by atoms with Crippen molar-refractivity contribution in [2.24, 2.45) is 11.8 Å². The van der Waals surface area contributed by atoms with E-state index in [9.17, 15) is 9.59 Å². The predicted octanol–water partition coefficient (Wildman–Crippen LogP) is 0.891. The lowest BCUT2D eigenvalue weighted by molar-refractivity contribution is -0.152. The van der Waals surface area contributed by atoms with Gasteiger partial charge in [0.25, 0.3) is 0 Å². The molecule has 0 spiro atoms. The fourth-order valence-electron chi connectivity index (χ4n) is 2.41. The van der Waals surface area contributed by atoms with Crippen molar-refractivity contribution in [3.8, 4) is 0 Å². The number of hydrogen-bond donors (Lipinski definition) is 0. The number of carbonyl (C=O) groups is 2. The van der Waals surface area contributed by atoms with Gasteiger partial charge in [0.2, 0.25) is 0 Å². The summed E-state index contributed by atoms with van der Waals surface area (Å²) in [6.45, 7) is 1.92. The Balaban J connectivity index is 1.92. The van der Waals surface area contributed by atoms with Crippen LogP contribution >= 0.6 is 0 Å². The van der Waals surface area contributed by atoms with E-state index >= 15 is 0 Å². The summed E-state index contributed by atoms with van der Waals surface area (Å²) in [5, 5.41) is 0. The van der Waals surface area contributed by atoms with Crippen molar-refractivity contribution in [2.75, 3.05) is 6.61 Å². The molecule has 0 aromatic carbocycles. The van der Waals surface area contributed by atoms with Gasteiger partial charge in [-0.05, 0) is 18.8 Å². The average molecular weight is 198 g/mol. The minimum atomic E-state index is -0.235. The Morgan fingerprint density at radius 2 is 2.14 bits per heavy atom. The molecule has 4 nitrogen and oxygen atoms in total. The third-order valence-electron chi connectivity index (χ3n) is 3.02. The first kappa shape index (κ1) is 9.49. The van der Waals surface area contributed by atoms with E-state index < -0.39 is 0 Å². The van der Waals surface area contributed by atoms with Crippen LogP contribution < -0.4 is 0 Å². The summed E-state index contributed by atoms with van der Waals surface area (Å²) in [5.41, 5.74) is 0. The molecule has 1 aliphatic carbocycles. The first-order valence-corrected chi connectivity index (χ1v) is 4.98. The number of fused-ring (bicyclic) bond motifs is 1. The molecule has 2 rings (SSSR count). The Hall–Kier alpha value is -1.06. The van der Waals surface area contributed by atoms with Crippen molar-refractivity contribution in [3.63, 3.8) is 0 Å².